The maximum atomic E-state index is 11.6. The van der Waals surface area contributed by atoms with Gasteiger partial charge in [0.25, 0.3) is 0 Å². The minimum absolute atomic E-state index is 0.272. The number of primary amides is 1. The van der Waals surface area contributed by atoms with Crippen molar-refractivity contribution in [3.8, 4) is 0 Å². The molecule has 116 valence electrons. The Hall–Kier alpha value is -0.610. The van der Waals surface area contributed by atoms with E-state index in [1.54, 1.807) is 0 Å². The number of hydrogen-bond acceptors (Lipinski definition) is 3. The molecule has 1 amide bonds. The van der Waals surface area contributed by atoms with Gasteiger partial charge in [0.1, 0.15) is 0 Å². The topological polar surface area (TPSA) is 72.3 Å². The molecule has 0 aromatic carbocycles. The molecule has 20 heavy (non-hydrogen) atoms. The Morgan fingerprint density at radius 3 is 2.55 bits per heavy atom. The second-order valence-electron chi connectivity index (χ2n) is 7.05. The van der Waals surface area contributed by atoms with Gasteiger partial charge in [0, 0.05) is 6.54 Å². The van der Waals surface area contributed by atoms with Crippen molar-refractivity contribution in [2.45, 2.75) is 63.3 Å². The summed E-state index contributed by atoms with van der Waals surface area (Å²) in [5.74, 6) is 0.833. The molecular weight excluding hydrogens is 250 g/mol. The van der Waals surface area contributed by atoms with Crippen molar-refractivity contribution in [3.05, 3.63) is 0 Å². The standard InChI is InChI=1S/C16H31N3O/c1-19(12-13-6-3-2-4-7-13)11-9-14-8-5-10-16(14,18)15(17)20/h13-14H,2-12,18H2,1H3,(H2,17,20). The van der Waals surface area contributed by atoms with E-state index in [9.17, 15) is 4.79 Å². The smallest absolute Gasteiger partial charge is 0.237 e. The minimum Gasteiger partial charge on any atom is -0.368 e. The molecule has 2 rings (SSSR count). The quantitative estimate of drug-likeness (QED) is 0.780. The lowest BCUT2D eigenvalue weighted by molar-refractivity contribution is -0.124. The molecule has 2 saturated carbocycles. The molecule has 2 aliphatic carbocycles. The lowest BCUT2D eigenvalue weighted by Crippen LogP contribution is -2.55. The zero-order valence-electron chi connectivity index (χ0n) is 12.9. The molecule has 0 aromatic rings. The molecule has 2 aliphatic rings. The molecule has 0 heterocycles. The maximum absolute atomic E-state index is 11.6. The molecule has 0 radical (unpaired) electrons. The van der Waals surface area contributed by atoms with E-state index >= 15 is 0 Å². The van der Waals surface area contributed by atoms with E-state index in [0.717, 1.165) is 38.1 Å². The molecule has 0 saturated heterocycles. The first kappa shape index (κ1) is 15.8. The summed E-state index contributed by atoms with van der Waals surface area (Å²) in [6.45, 7) is 2.23. The van der Waals surface area contributed by atoms with E-state index in [-0.39, 0.29) is 11.8 Å². The number of amides is 1. The van der Waals surface area contributed by atoms with E-state index in [1.165, 1.54) is 38.6 Å². The highest BCUT2D eigenvalue weighted by Crippen LogP contribution is 2.36. The van der Waals surface area contributed by atoms with Crippen molar-refractivity contribution in [2.75, 3.05) is 20.1 Å². The Kier molecular flexibility index (Phi) is 5.44. The predicted molar refractivity (Wildman–Crippen MR) is 82.1 cm³/mol. The molecular formula is C16H31N3O. The first-order valence-corrected chi connectivity index (χ1v) is 8.29. The summed E-state index contributed by atoms with van der Waals surface area (Å²) < 4.78 is 0. The molecule has 0 spiro atoms. The van der Waals surface area contributed by atoms with Gasteiger partial charge >= 0.3 is 0 Å². The van der Waals surface area contributed by atoms with Crippen LogP contribution in [0.3, 0.4) is 0 Å². The fourth-order valence-electron chi connectivity index (χ4n) is 4.11. The fourth-order valence-corrected chi connectivity index (χ4v) is 4.11. The van der Waals surface area contributed by atoms with Gasteiger partial charge < -0.3 is 16.4 Å². The fraction of sp³-hybridized carbons (Fsp3) is 0.938. The average Bonchev–Trinajstić information content (AvgIpc) is 2.80. The molecule has 4 heteroatoms. The van der Waals surface area contributed by atoms with E-state index in [4.69, 9.17) is 11.5 Å². The maximum Gasteiger partial charge on any atom is 0.237 e. The Bertz CT molecular complexity index is 328. The van der Waals surface area contributed by atoms with Gasteiger partial charge in [-0.25, -0.2) is 0 Å². The van der Waals surface area contributed by atoms with Crippen molar-refractivity contribution >= 4 is 5.91 Å². The van der Waals surface area contributed by atoms with Gasteiger partial charge in [-0.3, -0.25) is 4.79 Å². The van der Waals surface area contributed by atoms with Gasteiger partial charge in [-0.1, -0.05) is 25.7 Å². The highest BCUT2D eigenvalue weighted by Gasteiger charge is 2.43. The summed E-state index contributed by atoms with van der Waals surface area (Å²) in [7, 11) is 2.20. The lowest BCUT2D eigenvalue weighted by Gasteiger charge is -2.31. The minimum atomic E-state index is -0.744. The molecule has 2 fully saturated rings. The highest BCUT2D eigenvalue weighted by atomic mass is 16.1. The van der Waals surface area contributed by atoms with Crippen LogP contribution in [0.15, 0.2) is 0 Å². The molecule has 2 atom stereocenters. The Balaban J connectivity index is 1.75. The molecule has 0 bridgehead atoms. The number of carbonyl (C=O) groups excluding carboxylic acids is 1. The largest absolute Gasteiger partial charge is 0.368 e. The molecule has 4 N–H and O–H groups in total. The van der Waals surface area contributed by atoms with Gasteiger partial charge in [-0.15, -0.1) is 0 Å². The highest BCUT2D eigenvalue weighted by molar-refractivity contribution is 5.85. The number of nitrogens with zero attached hydrogens (tertiary/aromatic N) is 1. The number of hydrogen-bond donors (Lipinski definition) is 2. The van der Waals surface area contributed by atoms with Crippen LogP contribution in [-0.4, -0.2) is 36.5 Å². The molecule has 4 nitrogen and oxygen atoms in total. The lowest BCUT2D eigenvalue weighted by atomic mass is 9.84. The van der Waals surface area contributed by atoms with E-state index in [1.807, 2.05) is 0 Å². The van der Waals surface area contributed by atoms with E-state index in [2.05, 4.69) is 11.9 Å². The SMILES string of the molecule is CN(CCC1CCCC1(N)C(N)=O)CC1CCCCC1. The van der Waals surface area contributed by atoms with Gasteiger partial charge in [0.2, 0.25) is 5.91 Å². The van der Waals surface area contributed by atoms with Crippen LogP contribution in [0, 0.1) is 11.8 Å². The summed E-state index contributed by atoms with van der Waals surface area (Å²) in [6, 6.07) is 0. The number of nitrogens with two attached hydrogens (primary N) is 2. The first-order chi connectivity index (χ1) is 9.52. The van der Waals surface area contributed by atoms with Crippen LogP contribution in [-0.2, 0) is 4.79 Å². The van der Waals surface area contributed by atoms with E-state index < -0.39 is 5.54 Å². The Morgan fingerprint density at radius 1 is 1.20 bits per heavy atom. The van der Waals surface area contributed by atoms with Crippen LogP contribution in [0.4, 0.5) is 0 Å². The zero-order chi connectivity index (χ0) is 14.6. The first-order valence-electron chi connectivity index (χ1n) is 8.29. The zero-order valence-corrected chi connectivity index (χ0v) is 12.9. The second-order valence-corrected chi connectivity index (χ2v) is 7.05. The second kappa shape index (κ2) is 6.90. The predicted octanol–water partition coefficient (Wildman–Crippen LogP) is 1.87. The van der Waals surface area contributed by atoms with Crippen molar-refractivity contribution in [1.82, 2.24) is 4.90 Å². The van der Waals surface area contributed by atoms with Crippen LogP contribution in [0.5, 0.6) is 0 Å². The summed E-state index contributed by atoms with van der Waals surface area (Å²) in [6.07, 6.45) is 10.8. The van der Waals surface area contributed by atoms with Gasteiger partial charge in [0.15, 0.2) is 0 Å². The Morgan fingerprint density at radius 2 is 1.90 bits per heavy atom. The average molecular weight is 281 g/mol. The van der Waals surface area contributed by atoms with Crippen molar-refractivity contribution in [1.29, 1.82) is 0 Å². The van der Waals surface area contributed by atoms with E-state index in [0.29, 0.717) is 0 Å². The van der Waals surface area contributed by atoms with Crippen LogP contribution >= 0.6 is 0 Å². The number of carbonyl (C=O) groups is 1. The van der Waals surface area contributed by atoms with Crippen LogP contribution in [0.25, 0.3) is 0 Å². The number of rotatable bonds is 6. The van der Waals surface area contributed by atoms with Crippen LogP contribution in [0.2, 0.25) is 0 Å². The summed E-state index contributed by atoms with van der Waals surface area (Å²) in [5.41, 5.74) is 11.0. The molecule has 0 aromatic heterocycles. The third-order valence-corrected chi connectivity index (χ3v) is 5.48. The Labute approximate surface area is 123 Å². The monoisotopic (exact) mass is 281 g/mol. The van der Waals surface area contributed by atoms with Gasteiger partial charge in [-0.2, -0.15) is 0 Å². The summed E-state index contributed by atoms with van der Waals surface area (Å²) in [4.78, 5) is 14.0. The third-order valence-electron chi connectivity index (χ3n) is 5.48. The summed E-state index contributed by atoms with van der Waals surface area (Å²) in [5, 5.41) is 0. The third kappa shape index (κ3) is 3.73. The van der Waals surface area contributed by atoms with Crippen molar-refractivity contribution in [2.24, 2.45) is 23.3 Å². The summed E-state index contributed by atoms with van der Waals surface area (Å²) >= 11 is 0. The molecule has 0 aliphatic heterocycles. The normalized spacial score (nSPS) is 31.9. The van der Waals surface area contributed by atoms with Crippen LogP contribution < -0.4 is 11.5 Å². The van der Waals surface area contributed by atoms with Crippen molar-refractivity contribution in [3.63, 3.8) is 0 Å². The van der Waals surface area contributed by atoms with Gasteiger partial charge in [0.05, 0.1) is 5.54 Å². The van der Waals surface area contributed by atoms with Gasteiger partial charge in [-0.05, 0) is 57.5 Å². The molecule has 2 unspecified atom stereocenters. The van der Waals surface area contributed by atoms with Crippen molar-refractivity contribution < 1.29 is 4.79 Å². The van der Waals surface area contributed by atoms with Crippen LogP contribution in [0.1, 0.15) is 57.8 Å².